The van der Waals surface area contributed by atoms with Gasteiger partial charge in [-0.25, -0.2) is 0 Å². The van der Waals surface area contributed by atoms with E-state index in [9.17, 15) is 34.6 Å². The first kappa shape index (κ1) is 54.4. The minimum atomic E-state index is -0.587. The number of aryl methyl sites for hydroxylation is 5. The molecule has 0 saturated carbocycles. The number of nitro groups is 2. The van der Waals surface area contributed by atoms with Gasteiger partial charge in [0.1, 0.15) is 27.1 Å². The number of nitrogens with zero attached hydrogens (tertiary/aromatic N) is 5. The summed E-state index contributed by atoms with van der Waals surface area (Å²) in [5.41, 5.74) is 11.7. The van der Waals surface area contributed by atoms with Crippen LogP contribution in [-0.4, -0.2) is 47.9 Å². The van der Waals surface area contributed by atoms with Crippen molar-refractivity contribution < 1.29 is 41.2 Å². The molecule has 0 atom stereocenters. The molecular formula is C44H33BBr3Cl3I2N5O7-. The number of rotatable bonds is 2. The second-order valence-corrected chi connectivity index (χ2v) is 21.4. The number of fused-ring (bicyclic) bond motifs is 6. The quantitative estimate of drug-likeness (QED) is 0.0702. The minimum absolute atomic E-state index is 0. The number of pyridine rings is 3. The van der Waals surface area contributed by atoms with Crippen molar-refractivity contribution in [3.8, 4) is 0 Å². The Labute approximate surface area is 435 Å². The van der Waals surface area contributed by atoms with Crippen LogP contribution in [-0.2, 0) is 38.5 Å². The first-order chi connectivity index (χ1) is 30.0. The standard InChI is InChI=1S/2C14H8BrClN2O3.C14H9BrClNO.2CH4.BI2/c15-9-3-8-2-1-7-4-11(16)12(18(20)21)5-10(7)14(19)13(8)17-6-9;15-8-5-7-1-2-9-10(14(19)12(7)17-6-8)3-4-11(16)13(9)18(20)21;15-10-5-9-2-1-8-6-11(16)3-4-12(8)14(18)13(9)17-7-10;;;1-3-2/h2*3-6H,1-2H2;3-7H,1-2H2;2*1H4;/q;;;;;-1. The molecule has 0 aliphatic heterocycles. The average Bonchev–Trinajstić information content (AvgIpc) is 3.53. The molecule has 0 saturated heterocycles. The molecule has 3 aliphatic rings. The van der Waals surface area contributed by atoms with Crippen LogP contribution in [0.5, 0.6) is 0 Å². The summed E-state index contributed by atoms with van der Waals surface area (Å²) in [5, 5.41) is 23.0. The number of hydrogen-bond donors (Lipinski definition) is 0. The van der Waals surface area contributed by atoms with Gasteiger partial charge < -0.3 is 0 Å². The predicted molar refractivity (Wildman–Crippen MR) is 269 cm³/mol. The zero-order chi connectivity index (χ0) is 45.7. The molecule has 0 amide bonds. The van der Waals surface area contributed by atoms with Crippen molar-refractivity contribution in [3.05, 3.63) is 195 Å². The summed E-state index contributed by atoms with van der Waals surface area (Å²) in [5.74, 6) is -0.615. The summed E-state index contributed by atoms with van der Waals surface area (Å²) in [6, 6.07) is 16.7. The molecule has 0 spiro atoms. The Morgan fingerprint density at radius 2 is 0.985 bits per heavy atom. The Morgan fingerprint density at radius 3 is 1.46 bits per heavy atom. The average molecular weight is 1350 g/mol. The van der Waals surface area contributed by atoms with E-state index in [2.05, 4.69) is 81.4 Å². The van der Waals surface area contributed by atoms with Crippen molar-refractivity contribution in [1.82, 2.24) is 15.0 Å². The Hall–Kier alpha value is -3.25. The van der Waals surface area contributed by atoms with Crippen LogP contribution in [0.2, 0.25) is 15.1 Å². The number of aromatic nitrogens is 3. The normalized spacial score (nSPS) is 12.8. The van der Waals surface area contributed by atoms with Crippen LogP contribution in [0.4, 0.5) is 11.4 Å². The third-order valence-corrected chi connectivity index (χ3v) is 12.1. The number of nitro benzene ring substituents is 2. The van der Waals surface area contributed by atoms with Crippen LogP contribution >= 0.6 is 101 Å². The monoisotopic (exact) mass is 1350 g/mol. The molecule has 336 valence electrons. The van der Waals surface area contributed by atoms with E-state index in [0.717, 1.165) is 48.5 Å². The summed E-state index contributed by atoms with van der Waals surface area (Å²) < 4.78 is 2.47. The van der Waals surface area contributed by atoms with Gasteiger partial charge in [-0.3, -0.25) is 49.6 Å². The van der Waals surface area contributed by atoms with Crippen molar-refractivity contribution in [2.75, 3.05) is 0 Å². The van der Waals surface area contributed by atoms with Crippen LogP contribution in [0.1, 0.15) is 96.4 Å². The van der Waals surface area contributed by atoms with E-state index in [0.29, 0.717) is 75.6 Å². The van der Waals surface area contributed by atoms with Gasteiger partial charge in [0.2, 0.25) is 17.3 Å². The topological polar surface area (TPSA) is 176 Å². The SMILES string of the molecule is C.C.O=C1c2cc([N+](=O)[O-])c(Cl)cc2CCc2cc(Br)cnc21.O=C1c2ccc(Cl)c([N+](=O)[O-])c2CCc2cc(Br)cnc21.O=C1c2ccc(Cl)cc2CCc2cc(Br)cnc21.[B][I-]I. The molecule has 0 bridgehead atoms. The van der Waals surface area contributed by atoms with E-state index in [1.54, 1.807) is 30.7 Å². The van der Waals surface area contributed by atoms with E-state index < -0.39 is 9.85 Å². The molecule has 0 fully saturated rings. The summed E-state index contributed by atoms with van der Waals surface area (Å²) >= 11 is 30.1. The van der Waals surface area contributed by atoms with Gasteiger partial charge in [-0.2, -0.15) is 0 Å². The van der Waals surface area contributed by atoms with Gasteiger partial charge in [-0.1, -0.05) is 49.7 Å². The van der Waals surface area contributed by atoms with Gasteiger partial charge in [-0.05, 0) is 169 Å². The van der Waals surface area contributed by atoms with E-state index >= 15 is 0 Å². The van der Waals surface area contributed by atoms with Crippen molar-refractivity contribution in [3.63, 3.8) is 0 Å². The Kier molecular flexibility index (Phi) is 20.2. The summed E-state index contributed by atoms with van der Waals surface area (Å²) in [6.45, 7) is 0. The number of hydrogen-bond acceptors (Lipinski definition) is 10. The van der Waals surface area contributed by atoms with Gasteiger partial charge in [0, 0.05) is 65.4 Å². The van der Waals surface area contributed by atoms with Crippen LogP contribution in [0.3, 0.4) is 0 Å². The third kappa shape index (κ3) is 12.7. The first-order valence-corrected chi connectivity index (χ1v) is 29.3. The molecule has 0 unspecified atom stereocenters. The molecule has 3 heterocycles. The van der Waals surface area contributed by atoms with Gasteiger partial charge in [-0.15, -0.1) is 0 Å². The molecule has 65 heavy (non-hydrogen) atoms. The molecule has 3 aromatic heterocycles. The molecule has 3 aliphatic carbocycles. The van der Waals surface area contributed by atoms with Gasteiger partial charge in [0.05, 0.1) is 9.85 Å². The van der Waals surface area contributed by atoms with Crippen LogP contribution in [0, 0.1) is 20.2 Å². The number of halogens is 8. The molecule has 0 N–H and O–H groups in total. The maximum absolute atomic E-state index is 12.6. The van der Waals surface area contributed by atoms with Crippen molar-refractivity contribution in [2.24, 2.45) is 0 Å². The second kappa shape index (κ2) is 24.2. The van der Waals surface area contributed by atoms with Crippen molar-refractivity contribution in [1.29, 1.82) is 0 Å². The Balaban J connectivity index is 0.000000204. The van der Waals surface area contributed by atoms with Gasteiger partial charge in [0.15, 0.2) is 0 Å². The fraction of sp³-hybridized carbons (Fsp3) is 0.182. The number of carbonyl (C=O) groups excluding carboxylic acids is 3. The molecule has 6 aromatic rings. The van der Waals surface area contributed by atoms with Crippen molar-refractivity contribution >= 4 is 136 Å². The van der Waals surface area contributed by atoms with Crippen LogP contribution in [0.15, 0.2) is 92.7 Å². The summed E-state index contributed by atoms with van der Waals surface area (Å²) in [6.07, 6.45) is 8.48. The van der Waals surface area contributed by atoms with Gasteiger partial charge >= 0.3 is 41.3 Å². The first-order valence-electron chi connectivity index (χ1n) is 18.3. The van der Waals surface area contributed by atoms with E-state index in [-0.39, 0.29) is 70.6 Å². The summed E-state index contributed by atoms with van der Waals surface area (Å²) in [7, 11) is 0. The maximum atomic E-state index is 12.6. The van der Waals surface area contributed by atoms with Crippen LogP contribution < -0.4 is 17.0 Å². The van der Waals surface area contributed by atoms with E-state index in [1.807, 2.05) is 24.3 Å². The third-order valence-electron chi connectivity index (χ3n) is 10.0. The van der Waals surface area contributed by atoms with Gasteiger partial charge in [0.25, 0.3) is 11.4 Å². The van der Waals surface area contributed by atoms with E-state index in [4.69, 9.17) is 40.5 Å². The number of ketones is 3. The second-order valence-electron chi connectivity index (χ2n) is 13.8. The Morgan fingerprint density at radius 1 is 0.569 bits per heavy atom. The predicted octanol–water partition coefficient (Wildman–Crippen LogP) is 10.1. The fourth-order valence-corrected chi connectivity index (χ4v) is 9.06. The number of carbonyl (C=O) groups is 3. The zero-order valence-corrected chi connectivity index (χ0v) is 43.3. The van der Waals surface area contributed by atoms with E-state index in [1.165, 1.54) is 24.3 Å². The zero-order valence-electron chi connectivity index (χ0n) is 31.9. The number of benzene rings is 3. The fourth-order valence-electron chi connectivity index (χ4n) is 7.23. The molecule has 2 radical (unpaired) electrons. The molecular weight excluding hydrogens is 1320 g/mol. The molecule has 12 nitrogen and oxygen atoms in total. The Bertz CT molecular complexity index is 2800. The van der Waals surface area contributed by atoms with Crippen molar-refractivity contribution in [2.45, 2.75) is 53.4 Å². The molecule has 9 rings (SSSR count). The molecule has 21 heteroatoms. The van der Waals surface area contributed by atoms with Crippen LogP contribution in [0.25, 0.3) is 0 Å². The summed E-state index contributed by atoms with van der Waals surface area (Å²) in [4.78, 5) is 71.2. The molecule has 3 aromatic carbocycles.